The van der Waals surface area contributed by atoms with Crippen LogP contribution in [0.15, 0.2) is 18.2 Å². The zero-order chi connectivity index (χ0) is 14.2. The van der Waals surface area contributed by atoms with Gasteiger partial charge in [0.25, 0.3) is 0 Å². The SMILES string of the molecule is O=C1CCN(c2ccc(C(F)(F)F)cc2Cl)C(=O)C1. The van der Waals surface area contributed by atoms with Crippen LogP contribution in [0.25, 0.3) is 0 Å². The third-order valence-corrected chi connectivity index (χ3v) is 3.13. The highest BCUT2D eigenvalue weighted by Crippen LogP contribution is 2.35. The first-order valence-corrected chi connectivity index (χ1v) is 5.85. The molecular formula is C12H9ClF3NO2. The molecular weight excluding hydrogens is 283 g/mol. The molecule has 2 rings (SSSR count). The highest BCUT2D eigenvalue weighted by molar-refractivity contribution is 6.34. The van der Waals surface area contributed by atoms with Gasteiger partial charge in [-0.15, -0.1) is 0 Å². The Morgan fingerprint density at radius 1 is 1.21 bits per heavy atom. The fourth-order valence-corrected chi connectivity index (χ4v) is 2.15. The molecule has 0 spiro atoms. The van der Waals surface area contributed by atoms with E-state index in [9.17, 15) is 22.8 Å². The van der Waals surface area contributed by atoms with Crippen molar-refractivity contribution < 1.29 is 22.8 Å². The number of halogens is 4. The van der Waals surface area contributed by atoms with Gasteiger partial charge < -0.3 is 4.90 Å². The molecule has 0 unspecified atom stereocenters. The van der Waals surface area contributed by atoms with Crippen molar-refractivity contribution in [1.82, 2.24) is 0 Å². The number of rotatable bonds is 1. The highest BCUT2D eigenvalue weighted by atomic mass is 35.5. The molecule has 1 aromatic rings. The number of benzene rings is 1. The first kappa shape index (κ1) is 13.9. The molecule has 19 heavy (non-hydrogen) atoms. The predicted molar refractivity (Wildman–Crippen MR) is 63.0 cm³/mol. The molecule has 7 heteroatoms. The number of nitrogens with zero attached hydrogens (tertiary/aromatic N) is 1. The lowest BCUT2D eigenvalue weighted by Gasteiger charge is -2.27. The Labute approximate surface area is 111 Å². The van der Waals surface area contributed by atoms with Gasteiger partial charge in [-0.3, -0.25) is 9.59 Å². The van der Waals surface area contributed by atoms with Crippen molar-refractivity contribution in [3.05, 3.63) is 28.8 Å². The van der Waals surface area contributed by atoms with Crippen molar-refractivity contribution in [2.45, 2.75) is 19.0 Å². The van der Waals surface area contributed by atoms with Gasteiger partial charge in [0.05, 0.1) is 22.7 Å². The number of hydrogen-bond donors (Lipinski definition) is 0. The quantitative estimate of drug-likeness (QED) is 0.746. The van der Waals surface area contributed by atoms with Crippen molar-refractivity contribution in [3.63, 3.8) is 0 Å². The zero-order valence-corrected chi connectivity index (χ0v) is 10.4. The molecule has 1 aromatic carbocycles. The van der Waals surface area contributed by atoms with Crippen molar-refractivity contribution in [2.24, 2.45) is 0 Å². The highest BCUT2D eigenvalue weighted by Gasteiger charge is 2.32. The standard InChI is InChI=1S/C12H9ClF3NO2/c13-9-5-7(12(14,15)16)1-2-10(9)17-4-3-8(18)6-11(17)19/h1-2,5H,3-4,6H2. The lowest BCUT2D eigenvalue weighted by atomic mass is 10.1. The van der Waals surface area contributed by atoms with Gasteiger partial charge in [-0.2, -0.15) is 13.2 Å². The summed E-state index contributed by atoms with van der Waals surface area (Å²) in [6.07, 6.45) is -4.54. The topological polar surface area (TPSA) is 37.4 Å². The second-order valence-corrected chi connectivity index (χ2v) is 4.58. The molecule has 1 amide bonds. The minimum Gasteiger partial charge on any atom is -0.310 e. The molecule has 1 saturated heterocycles. The summed E-state index contributed by atoms with van der Waals surface area (Å²) in [4.78, 5) is 24.0. The molecule has 1 aliphatic rings. The van der Waals surface area contributed by atoms with E-state index >= 15 is 0 Å². The number of hydrogen-bond acceptors (Lipinski definition) is 2. The van der Waals surface area contributed by atoms with Gasteiger partial charge in [-0.25, -0.2) is 0 Å². The Bertz CT molecular complexity index is 542. The summed E-state index contributed by atoms with van der Waals surface area (Å²) < 4.78 is 37.5. The van der Waals surface area contributed by atoms with Crippen LogP contribution in [-0.2, 0) is 15.8 Å². The maximum atomic E-state index is 12.5. The Balaban J connectivity index is 2.31. The van der Waals surface area contributed by atoms with Gasteiger partial charge in [0.15, 0.2) is 0 Å². The van der Waals surface area contributed by atoms with E-state index in [2.05, 4.69) is 0 Å². The molecule has 0 bridgehead atoms. The molecule has 0 saturated carbocycles. The first-order valence-electron chi connectivity index (χ1n) is 5.48. The minimum absolute atomic E-state index is 0.142. The van der Waals surface area contributed by atoms with E-state index in [1.54, 1.807) is 0 Å². The van der Waals surface area contributed by atoms with Crippen LogP contribution in [0.4, 0.5) is 18.9 Å². The van der Waals surface area contributed by atoms with Gasteiger partial charge in [0, 0.05) is 13.0 Å². The van der Waals surface area contributed by atoms with Crippen LogP contribution in [-0.4, -0.2) is 18.2 Å². The van der Waals surface area contributed by atoms with Gasteiger partial charge in [-0.05, 0) is 18.2 Å². The number of alkyl halides is 3. The maximum Gasteiger partial charge on any atom is 0.416 e. The third-order valence-electron chi connectivity index (χ3n) is 2.83. The van der Waals surface area contributed by atoms with Gasteiger partial charge in [0.2, 0.25) is 5.91 Å². The van der Waals surface area contributed by atoms with Gasteiger partial charge >= 0.3 is 6.18 Å². The van der Waals surface area contributed by atoms with Crippen LogP contribution in [0.5, 0.6) is 0 Å². The number of piperidine rings is 1. The van der Waals surface area contributed by atoms with Crippen LogP contribution in [0.1, 0.15) is 18.4 Å². The molecule has 3 nitrogen and oxygen atoms in total. The van der Waals surface area contributed by atoms with E-state index in [1.165, 1.54) is 4.90 Å². The van der Waals surface area contributed by atoms with Crippen LogP contribution in [0, 0.1) is 0 Å². The second-order valence-electron chi connectivity index (χ2n) is 4.17. The first-order chi connectivity index (χ1) is 8.79. The Hall–Kier alpha value is -1.56. The monoisotopic (exact) mass is 291 g/mol. The molecule has 0 aliphatic carbocycles. The van der Waals surface area contributed by atoms with Crippen molar-refractivity contribution in [1.29, 1.82) is 0 Å². The van der Waals surface area contributed by atoms with E-state index in [0.717, 1.165) is 18.2 Å². The Morgan fingerprint density at radius 3 is 2.42 bits per heavy atom. The predicted octanol–water partition coefficient (Wildman–Crippen LogP) is 3.05. The zero-order valence-electron chi connectivity index (χ0n) is 9.63. The average Bonchev–Trinajstić information content (AvgIpc) is 2.28. The summed E-state index contributed by atoms with van der Waals surface area (Å²) in [6, 6.07) is 2.80. The van der Waals surface area contributed by atoms with Gasteiger partial charge in [-0.1, -0.05) is 11.6 Å². The molecule has 0 radical (unpaired) electrons. The average molecular weight is 292 g/mol. The van der Waals surface area contributed by atoms with E-state index in [1.807, 2.05) is 0 Å². The summed E-state index contributed by atoms with van der Waals surface area (Å²) in [7, 11) is 0. The number of ketones is 1. The molecule has 1 fully saturated rings. The largest absolute Gasteiger partial charge is 0.416 e. The molecule has 0 aromatic heterocycles. The van der Waals surface area contributed by atoms with Crippen LogP contribution in [0.2, 0.25) is 5.02 Å². The molecule has 0 N–H and O–H groups in total. The summed E-state index contributed by atoms with van der Waals surface area (Å²) >= 11 is 5.79. The van der Waals surface area contributed by atoms with Crippen LogP contribution in [0.3, 0.4) is 0 Å². The van der Waals surface area contributed by atoms with Crippen molar-refractivity contribution >= 4 is 29.0 Å². The minimum atomic E-state index is -4.48. The number of carbonyl (C=O) groups excluding carboxylic acids is 2. The Kier molecular flexibility index (Phi) is 3.54. The van der Waals surface area contributed by atoms with Crippen molar-refractivity contribution in [2.75, 3.05) is 11.4 Å². The van der Waals surface area contributed by atoms with Crippen LogP contribution < -0.4 is 4.90 Å². The smallest absolute Gasteiger partial charge is 0.310 e. The van der Waals surface area contributed by atoms with Crippen LogP contribution >= 0.6 is 11.6 Å². The van der Waals surface area contributed by atoms with E-state index < -0.39 is 17.6 Å². The third kappa shape index (κ3) is 2.89. The number of Topliss-reactive ketones (excluding diaryl/α,β-unsaturated/α-hetero) is 1. The number of carbonyl (C=O) groups is 2. The Morgan fingerprint density at radius 2 is 1.89 bits per heavy atom. The van der Waals surface area contributed by atoms with E-state index in [0.29, 0.717) is 0 Å². The maximum absolute atomic E-state index is 12.5. The molecule has 1 aliphatic heterocycles. The van der Waals surface area contributed by atoms with Crippen molar-refractivity contribution in [3.8, 4) is 0 Å². The lowest BCUT2D eigenvalue weighted by Crippen LogP contribution is -2.39. The summed E-state index contributed by atoms with van der Waals surface area (Å²) in [5, 5.41) is -0.155. The lowest BCUT2D eigenvalue weighted by molar-refractivity contribution is -0.137. The number of anilines is 1. The molecule has 1 heterocycles. The summed E-state index contributed by atoms with van der Waals surface area (Å²) in [5.74, 6) is -0.623. The number of amides is 1. The fourth-order valence-electron chi connectivity index (χ4n) is 1.87. The second kappa shape index (κ2) is 4.85. The van der Waals surface area contributed by atoms with E-state index in [-0.39, 0.29) is 35.9 Å². The molecule has 0 atom stereocenters. The molecule has 102 valence electrons. The normalized spacial score (nSPS) is 16.9. The summed E-state index contributed by atoms with van der Waals surface area (Å²) in [6.45, 7) is 0.142. The summed E-state index contributed by atoms with van der Waals surface area (Å²) in [5.41, 5.74) is -0.672. The van der Waals surface area contributed by atoms with Gasteiger partial charge in [0.1, 0.15) is 5.78 Å². The van der Waals surface area contributed by atoms with E-state index in [4.69, 9.17) is 11.6 Å². The fraction of sp³-hybridized carbons (Fsp3) is 0.333.